The summed E-state index contributed by atoms with van der Waals surface area (Å²) in [7, 11) is 1.32. The van der Waals surface area contributed by atoms with Gasteiger partial charge in [0.15, 0.2) is 0 Å². The molecule has 0 radical (unpaired) electrons. The zero-order valence-corrected chi connectivity index (χ0v) is 13.2. The lowest BCUT2D eigenvalue weighted by Crippen LogP contribution is -2.55. The fourth-order valence-corrected chi connectivity index (χ4v) is 3.77. The first kappa shape index (κ1) is 15.9. The maximum Gasteiger partial charge on any atom is 0.391 e. The molecule has 3 rings (SSSR count). The van der Waals surface area contributed by atoms with Crippen molar-refractivity contribution in [3.63, 3.8) is 0 Å². The van der Waals surface area contributed by atoms with E-state index in [1.54, 1.807) is 6.20 Å². The summed E-state index contributed by atoms with van der Waals surface area (Å²) in [6, 6.07) is 4.67. The van der Waals surface area contributed by atoms with Gasteiger partial charge in [-0.1, -0.05) is 6.07 Å². The van der Waals surface area contributed by atoms with E-state index in [0.29, 0.717) is 32.7 Å². The van der Waals surface area contributed by atoms with Gasteiger partial charge in [0.1, 0.15) is 5.41 Å². The Balaban J connectivity index is 2.07. The third-order valence-electron chi connectivity index (χ3n) is 4.91. The van der Waals surface area contributed by atoms with Gasteiger partial charge in [-0.25, -0.2) is 11.4 Å². The first-order valence-electron chi connectivity index (χ1n) is 7.73. The molecule has 6 heteroatoms. The average Bonchev–Trinajstić information content (AvgIpc) is 3.03. The minimum atomic E-state index is -0.927. The summed E-state index contributed by atoms with van der Waals surface area (Å²) < 4.78 is 16.4. The first-order valence-corrected chi connectivity index (χ1v) is 7.73. The van der Waals surface area contributed by atoms with E-state index in [0.717, 1.165) is 12.1 Å². The molecule has 0 aliphatic carbocycles. The number of hydrogen-bond donors (Lipinski definition) is 0. The normalized spacial score (nSPS) is 31.5. The molecule has 1 spiro atoms. The third kappa shape index (κ3) is 2.71. The third-order valence-corrected chi connectivity index (χ3v) is 4.91. The molecule has 0 aromatic carbocycles. The van der Waals surface area contributed by atoms with Crippen molar-refractivity contribution in [3.8, 4) is 0 Å². The van der Waals surface area contributed by atoms with Crippen molar-refractivity contribution in [3.05, 3.63) is 41.5 Å². The lowest BCUT2D eigenvalue weighted by atomic mass is 9.65. The van der Waals surface area contributed by atoms with E-state index < -0.39 is 23.0 Å². The van der Waals surface area contributed by atoms with Gasteiger partial charge in [0.2, 0.25) is 0 Å². The number of methoxy groups -OCH3 is 1. The highest BCUT2D eigenvalue weighted by Gasteiger charge is 2.59. The average molecular weight is 316 g/mol. The number of hydrogen-bond acceptors (Lipinski definition) is 5. The molecule has 6 nitrogen and oxygen atoms in total. The Bertz CT molecular complexity index is 607. The Morgan fingerprint density at radius 3 is 2.91 bits per heavy atom. The Kier molecular flexibility index (Phi) is 4.33. The van der Waals surface area contributed by atoms with Crippen LogP contribution in [0.1, 0.15) is 25.0 Å². The minimum absolute atomic E-state index is 0.438. The summed E-state index contributed by atoms with van der Waals surface area (Å²) in [6.07, 6.45) is 3.57. The molecule has 1 aromatic rings. The monoisotopic (exact) mass is 316 g/mol. The highest BCUT2D eigenvalue weighted by Crippen LogP contribution is 2.47. The van der Waals surface area contributed by atoms with Crippen molar-refractivity contribution >= 4 is 5.97 Å². The van der Waals surface area contributed by atoms with Crippen LogP contribution in [0.15, 0.2) is 24.4 Å². The summed E-state index contributed by atoms with van der Waals surface area (Å²) >= 11 is 0. The molecule has 3 unspecified atom stereocenters. The van der Waals surface area contributed by atoms with E-state index in [1.807, 2.05) is 18.2 Å². The quantitative estimate of drug-likeness (QED) is 0.628. The Morgan fingerprint density at radius 2 is 2.30 bits per heavy atom. The predicted molar refractivity (Wildman–Crippen MR) is 81.7 cm³/mol. The van der Waals surface area contributed by atoms with E-state index in [4.69, 9.17) is 20.8 Å². The van der Waals surface area contributed by atoms with E-state index in [9.17, 15) is 4.79 Å². The largest absolute Gasteiger partial charge is 0.463 e. The van der Waals surface area contributed by atoms with Crippen LogP contribution < -0.4 is 0 Å². The minimum Gasteiger partial charge on any atom is -0.463 e. The number of carbonyl (C=O) groups excluding carboxylic acids is 1. The number of esters is 1. The Morgan fingerprint density at radius 1 is 1.43 bits per heavy atom. The number of ether oxygens (including phenoxy) is 3. The standard InChI is InChI=1S/C17H20N2O4/c1-18-14(15(20)21-2)17(13-5-3-4-8-19-13)7-10-23-16(11-17)6-9-22-12-16/h3-5,8,14H,6-7,9-12H2,2H3. The molecule has 23 heavy (non-hydrogen) atoms. The summed E-state index contributed by atoms with van der Waals surface area (Å²) in [5.41, 5.74) is -0.393. The zero-order chi connectivity index (χ0) is 16.3. The molecule has 122 valence electrons. The van der Waals surface area contributed by atoms with Gasteiger partial charge in [0.25, 0.3) is 0 Å². The lowest BCUT2D eigenvalue weighted by Gasteiger charge is -2.44. The molecule has 2 saturated heterocycles. The van der Waals surface area contributed by atoms with Crippen LogP contribution in [0.5, 0.6) is 0 Å². The highest BCUT2D eigenvalue weighted by atomic mass is 16.6. The topological polar surface area (TPSA) is 62.0 Å². The molecule has 2 fully saturated rings. The SMILES string of the molecule is [C-]#[N+]C(C(=O)OC)C1(c2ccccn2)CCOC2(CCOC2)C1. The Labute approximate surface area is 135 Å². The van der Waals surface area contributed by atoms with E-state index in [2.05, 4.69) is 9.83 Å². The number of nitrogens with zero attached hydrogens (tertiary/aromatic N) is 2. The fourth-order valence-electron chi connectivity index (χ4n) is 3.77. The number of carbonyl (C=O) groups is 1. The van der Waals surface area contributed by atoms with Crippen molar-refractivity contribution in [2.24, 2.45) is 0 Å². The molecule has 0 N–H and O–H groups in total. The molecule has 1 aromatic heterocycles. The summed E-state index contributed by atoms with van der Waals surface area (Å²) in [4.78, 5) is 20.4. The van der Waals surface area contributed by atoms with Crippen LogP contribution >= 0.6 is 0 Å². The van der Waals surface area contributed by atoms with Crippen molar-refractivity contribution in [1.29, 1.82) is 0 Å². The second kappa shape index (κ2) is 6.26. The second-order valence-electron chi connectivity index (χ2n) is 6.19. The maximum absolute atomic E-state index is 12.3. The van der Waals surface area contributed by atoms with Gasteiger partial charge >= 0.3 is 12.0 Å². The van der Waals surface area contributed by atoms with Crippen LogP contribution in [0.2, 0.25) is 0 Å². The number of rotatable bonds is 3. The number of aromatic nitrogens is 1. The molecule has 2 aliphatic rings. The van der Waals surface area contributed by atoms with Gasteiger partial charge in [-0.05, 0) is 25.0 Å². The summed E-state index contributed by atoms with van der Waals surface area (Å²) in [5.74, 6) is -0.512. The molecule has 3 heterocycles. The molecule has 0 bridgehead atoms. The van der Waals surface area contributed by atoms with Crippen LogP contribution in [-0.4, -0.2) is 49.5 Å². The van der Waals surface area contributed by atoms with E-state index >= 15 is 0 Å². The van der Waals surface area contributed by atoms with Crippen LogP contribution in [0.4, 0.5) is 0 Å². The summed E-state index contributed by atoms with van der Waals surface area (Å²) in [6.45, 7) is 9.19. The molecule has 0 saturated carbocycles. The van der Waals surface area contributed by atoms with Crippen LogP contribution in [0.3, 0.4) is 0 Å². The van der Waals surface area contributed by atoms with Crippen molar-refractivity contribution in [2.75, 3.05) is 26.9 Å². The van der Waals surface area contributed by atoms with Gasteiger partial charge < -0.3 is 19.1 Å². The van der Waals surface area contributed by atoms with Crippen LogP contribution in [0, 0.1) is 6.57 Å². The van der Waals surface area contributed by atoms with Crippen molar-refractivity contribution in [1.82, 2.24) is 4.98 Å². The molecular weight excluding hydrogens is 296 g/mol. The maximum atomic E-state index is 12.3. The van der Waals surface area contributed by atoms with Crippen LogP contribution in [0.25, 0.3) is 4.85 Å². The van der Waals surface area contributed by atoms with Crippen molar-refractivity contribution < 1.29 is 19.0 Å². The lowest BCUT2D eigenvalue weighted by molar-refractivity contribution is -0.148. The molecule has 2 aliphatic heterocycles. The van der Waals surface area contributed by atoms with Gasteiger partial charge in [-0.3, -0.25) is 4.98 Å². The van der Waals surface area contributed by atoms with Crippen molar-refractivity contribution in [2.45, 2.75) is 36.3 Å². The fraction of sp³-hybridized carbons (Fsp3) is 0.588. The summed E-state index contributed by atoms with van der Waals surface area (Å²) in [5, 5.41) is 0. The Hall–Kier alpha value is -1.97. The molecule has 3 atom stereocenters. The van der Waals surface area contributed by atoms with Gasteiger partial charge in [0, 0.05) is 25.8 Å². The van der Waals surface area contributed by atoms with Gasteiger partial charge in [-0.2, -0.15) is 0 Å². The smallest absolute Gasteiger partial charge is 0.391 e. The zero-order valence-electron chi connectivity index (χ0n) is 13.2. The second-order valence-corrected chi connectivity index (χ2v) is 6.19. The highest BCUT2D eigenvalue weighted by molar-refractivity contribution is 5.80. The first-order chi connectivity index (χ1) is 11.2. The van der Waals surface area contributed by atoms with Gasteiger partial charge in [0.05, 0.1) is 25.0 Å². The molecule has 0 amide bonds. The van der Waals surface area contributed by atoms with E-state index in [1.165, 1.54) is 7.11 Å². The van der Waals surface area contributed by atoms with Crippen LogP contribution in [-0.2, 0) is 24.4 Å². The molecular formula is C17H20N2O4. The predicted octanol–water partition coefficient (Wildman–Crippen LogP) is 1.75. The van der Waals surface area contributed by atoms with Gasteiger partial charge in [-0.15, -0.1) is 0 Å². The number of pyridine rings is 1. The van der Waals surface area contributed by atoms with E-state index in [-0.39, 0.29) is 0 Å².